The lowest BCUT2D eigenvalue weighted by Gasteiger charge is -2.16. The molecule has 0 aromatic carbocycles. The van der Waals surface area contributed by atoms with Crippen molar-refractivity contribution in [2.45, 2.75) is 39.3 Å². The lowest BCUT2D eigenvalue weighted by Crippen LogP contribution is -2.46. The van der Waals surface area contributed by atoms with Crippen molar-refractivity contribution in [3.05, 3.63) is 0 Å². The molecule has 0 rings (SSSR count). The summed E-state index contributed by atoms with van der Waals surface area (Å²) in [4.78, 5) is 11.3. The zero-order valence-electron chi connectivity index (χ0n) is 8.58. The van der Waals surface area contributed by atoms with Crippen LogP contribution in [0, 0.1) is 5.92 Å². The van der Waals surface area contributed by atoms with Crippen molar-refractivity contribution >= 4 is 5.91 Å². The molecule has 0 spiro atoms. The zero-order valence-corrected chi connectivity index (χ0v) is 8.58. The van der Waals surface area contributed by atoms with Gasteiger partial charge in [0.1, 0.15) is 0 Å². The van der Waals surface area contributed by atoms with E-state index in [2.05, 4.69) is 5.32 Å². The van der Waals surface area contributed by atoms with E-state index in [1.807, 2.05) is 13.8 Å². The first kappa shape index (κ1) is 12.4. The smallest absolute Gasteiger partial charge is 0.237 e. The van der Waals surface area contributed by atoms with Crippen LogP contribution in [0.25, 0.3) is 0 Å². The van der Waals surface area contributed by atoms with Crippen LogP contribution >= 0.6 is 0 Å². The van der Waals surface area contributed by atoms with Gasteiger partial charge in [-0.15, -0.1) is 0 Å². The molecule has 4 heteroatoms. The van der Waals surface area contributed by atoms with Crippen LogP contribution in [-0.2, 0) is 4.79 Å². The second kappa shape index (κ2) is 5.94. The van der Waals surface area contributed by atoms with Gasteiger partial charge in [-0.3, -0.25) is 4.79 Å². The minimum Gasteiger partial charge on any atom is -0.394 e. The molecule has 13 heavy (non-hydrogen) atoms. The van der Waals surface area contributed by atoms with Crippen LogP contribution in [0.4, 0.5) is 0 Å². The maximum Gasteiger partial charge on any atom is 0.237 e. The third kappa shape index (κ3) is 5.60. The molecule has 0 heterocycles. The molecular formula is C9H20N2O2. The highest BCUT2D eigenvalue weighted by molar-refractivity contribution is 5.81. The molecule has 0 aromatic heterocycles. The van der Waals surface area contributed by atoms with Crippen LogP contribution in [0.15, 0.2) is 0 Å². The topological polar surface area (TPSA) is 75.4 Å². The maximum atomic E-state index is 11.3. The van der Waals surface area contributed by atoms with Gasteiger partial charge in [0.05, 0.1) is 12.6 Å². The highest BCUT2D eigenvalue weighted by Gasteiger charge is 2.16. The summed E-state index contributed by atoms with van der Waals surface area (Å²) in [5.74, 6) is 0.223. The molecule has 0 aliphatic carbocycles. The quantitative estimate of drug-likeness (QED) is 0.562. The zero-order chi connectivity index (χ0) is 10.4. The minimum absolute atomic E-state index is 0.0554. The summed E-state index contributed by atoms with van der Waals surface area (Å²) in [7, 11) is 0. The van der Waals surface area contributed by atoms with Gasteiger partial charge in [-0.1, -0.05) is 13.8 Å². The number of nitrogens with one attached hydrogen (secondary N) is 1. The van der Waals surface area contributed by atoms with Gasteiger partial charge < -0.3 is 16.2 Å². The van der Waals surface area contributed by atoms with Crippen molar-refractivity contribution in [2.75, 3.05) is 6.61 Å². The fourth-order valence-corrected chi connectivity index (χ4v) is 1.01. The number of aliphatic hydroxyl groups excluding tert-OH is 1. The highest BCUT2D eigenvalue weighted by atomic mass is 16.3. The molecule has 4 nitrogen and oxygen atoms in total. The summed E-state index contributed by atoms with van der Waals surface area (Å²) in [6, 6.07) is -0.681. The third-order valence-corrected chi connectivity index (χ3v) is 1.72. The Labute approximate surface area is 79.5 Å². The molecule has 0 aliphatic rings. The van der Waals surface area contributed by atoms with Crippen molar-refractivity contribution in [2.24, 2.45) is 11.7 Å². The second-order valence-electron chi connectivity index (χ2n) is 3.83. The number of hydrogen-bond donors (Lipinski definition) is 3. The van der Waals surface area contributed by atoms with Crippen LogP contribution in [0.3, 0.4) is 0 Å². The molecule has 0 saturated heterocycles. The summed E-state index contributed by atoms with van der Waals surface area (Å²) in [6.45, 7) is 5.71. The lowest BCUT2D eigenvalue weighted by molar-refractivity contribution is -0.123. The molecule has 0 saturated carbocycles. The summed E-state index contributed by atoms with van der Waals surface area (Å²) in [5, 5.41) is 11.3. The molecule has 2 atom stereocenters. The van der Waals surface area contributed by atoms with Gasteiger partial charge in [0, 0.05) is 6.04 Å². The minimum atomic E-state index is -0.464. The average Bonchev–Trinajstić information content (AvgIpc) is 2.02. The van der Waals surface area contributed by atoms with Crippen LogP contribution in [0.1, 0.15) is 27.2 Å². The monoisotopic (exact) mass is 188 g/mol. The van der Waals surface area contributed by atoms with E-state index in [0.717, 1.165) is 0 Å². The largest absolute Gasteiger partial charge is 0.394 e. The summed E-state index contributed by atoms with van der Waals surface area (Å²) in [6.07, 6.45) is 0.671. The normalized spacial score (nSPS) is 15.5. The summed E-state index contributed by atoms with van der Waals surface area (Å²) >= 11 is 0. The Balaban J connectivity index is 3.82. The molecule has 1 amide bonds. The fraction of sp³-hybridized carbons (Fsp3) is 0.889. The number of aliphatic hydroxyl groups is 1. The molecule has 1 unspecified atom stereocenters. The predicted octanol–water partition coefficient (Wildman–Crippen LogP) is -0.143. The van der Waals surface area contributed by atoms with Gasteiger partial charge in [0.25, 0.3) is 0 Å². The van der Waals surface area contributed by atoms with Gasteiger partial charge in [-0.05, 0) is 19.3 Å². The van der Waals surface area contributed by atoms with Gasteiger partial charge in [-0.25, -0.2) is 0 Å². The number of nitrogens with two attached hydrogens (primary N) is 1. The second-order valence-corrected chi connectivity index (χ2v) is 3.83. The van der Waals surface area contributed by atoms with E-state index in [-0.39, 0.29) is 18.6 Å². The van der Waals surface area contributed by atoms with E-state index in [1.165, 1.54) is 0 Å². The predicted molar refractivity (Wildman–Crippen MR) is 52.1 cm³/mol. The molecule has 4 N–H and O–H groups in total. The number of rotatable bonds is 5. The molecule has 0 aliphatic heterocycles. The Bertz CT molecular complexity index is 160. The average molecular weight is 188 g/mol. The third-order valence-electron chi connectivity index (χ3n) is 1.72. The Morgan fingerprint density at radius 1 is 1.46 bits per heavy atom. The standard InChI is InChI=1S/C9H20N2O2/c1-6(2)4-8(10)9(13)11-7(3)5-12/h6-8,12H,4-5,10H2,1-3H3,(H,11,13)/t7-,8?/m1/s1. The first-order chi connectivity index (χ1) is 5.97. The van der Waals surface area contributed by atoms with E-state index < -0.39 is 6.04 Å². The van der Waals surface area contributed by atoms with E-state index in [9.17, 15) is 4.79 Å². The van der Waals surface area contributed by atoms with E-state index in [4.69, 9.17) is 10.8 Å². The molecule has 0 fully saturated rings. The van der Waals surface area contributed by atoms with Gasteiger partial charge >= 0.3 is 0 Å². The highest BCUT2D eigenvalue weighted by Crippen LogP contribution is 2.02. The number of amides is 1. The fourth-order valence-electron chi connectivity index (χ4n) is 1.01. The van der Waals surface area contributed by atoms with Crippen LogP contribution < -0.4 is 11.1 Å². The van der Waals surface area contributed by atoms with Crippen molar-refractivity contribution in [3.8, 4) is 0 Å². The first-order valence-electron chi connectivity index (χ1n) is 4.64. The summed E-state index contributed by atoms with van der Waals surface area (Å²) in [5.41, 5.74) is 5.63. The van der Waals surface area contributed by atoms with Crippen molar-refractivity contribution in [1.29, 1.82) is 0 Å². The maximum absolute atomic E-state index is 11.3. The van der Waals surface area contributed by atoms with Crippen molar-refractivity contribution in [3.63, 3.8) is 0 Å². The molecular weight excluding hydrogens is 168 g/mol. The Morgan fingerprint density at radius 2 is 2.00 bits per heavy atom. The van der Waals surface area contributed by atoms with E-state index in [0.29, 0.717) is 12.3 Å². The number of carbonyl (C=O) groups is 1. The van der Waals surface area contributed by atoms with Gasteiger partial charge in [0.15, 0.2) is 0 Å². The molecule has 0 bridgehead atoms. The number of hydrogen-bond acceptors (Lipinski definition) is 3. The number of carbonyl (C=O) groups excluding carboxylic acids is 1. The van der Waals surface area contributed by atoms with Crippen LogP contribution in [-0.4, -0.2) is 29.7 Å². The molecule has 0 radical (unpaired) electrons. The van der Waals surface area contributed by atoms with Crippen molar-refractivity contribution < 1.29 is 9.90 Å². The van der Waals surface area contributed by atoms with E-state index >= 15 is 0 Å². The Morgan fingerprint density at radius 3 is 2.38 bits per heavy atom. The SMILES string of the molecule is CC(C)CC(N)C(=O)N[C@H](C)CO. The first-order valence-corrected chi connectivity index (χ1v) is 4.64. The van der Waals surface area contributed by atoms with Gasteiger partial charge in [-0.2, -0.15) is 0 Å². The van der Waals surface area contributed by atoms with Crippen molar-refractivity contribution in [1.82, 2.24) is 5.32 Å². The molecule has 78 valence electrons. The molecule has 0 aromatic rings. The van der Waals surface area contributed by atoms with Gasteiger partial charge in [0.2, 0.25) is 5.91 Å². The Hall–Kier alpha value is -0.610. The van der Waals surface area contributed by atoms with Crippen LogP contribution in [0.5, 0.6) is 0 Å². The van der Waals surface area contributed by atoms with E-state index in [1.54, 1.807) is 6.92 Å². The summed E-state index contributed by atoms with van der Waals surface area (Å²) < 4.78 is 0. The van der Waals surface area contributed by atoms with Crippen LogP contribution in [0.2, 0.25) is 0 Å². The lowest BCUT2D eigenvalue weighted by atomic mass is 10.0. The Kier molecular flexibility index (Phi) is 5.66.